The van der Waals surface area contributed by atoms with E-state index in [4.69, 9.17) is 10.00 Å². The molecule has 102 valence electrons. The predicted octanol–water partition coefficient (Wildman–Crippen LogP) is 3.88. The minimum absolute atomic E-state index is 0.0215. The zero-order chi connectivity index (χ0) is 14.5. The largest absolute Gasteiger partial charge is 0.497 e. The van der Waals surface area contributed by atoms with Crippen LogP contribution in [0.2, 0.25) is 0 Å². The summed E-state index contributed by atoms with van der Waals surface area (Å²) in [5.74, 6) is 0.282. The average Bonchev–Trinajstić information content (AvgIpc) is 2.47. The SMILES string of the molecule is COc1ccc(C(C)Nc2ccc(C#N)c(F)c2)cc1. The van der Waals surface area contributed by atoms with E-state index >= 15 is 0 Å². The van der Waals surface area contributed by atoms with Crippen molar-refractivity contribution in [2.75, 3.05) is 12.4 Å². The highest BCUT2D eigenvalue weighted by atomic mass is 19.1. The van der Waals surface area contributed by atoms with Crippen LogP contribution in [0, 0.1) is 17.1 Å². The standard InChI is InChI=1S/C16H15FN2O/c1-11(12-4-7-15(20-2)8-5-12)19-14-6-3-13(10-18)16(17)9-14/h3-9,11,19H,1-2H3. The van der Waals surface area contributed by atoms with Crippen LogP contribution in [-0.4, -0.2) is 7.11 Å². The average molecular weight is 270 g/mol. The van der Waals surface area contributed by atoms with Gasteiger partial charge in [0, 0.05) is 11.7 Å². The molecule has 20 heavy (non-hydrogen) atoms. The summed E-state index contributed by atoms with van der Waals surface area (Å²) in [6.07, 6.45) is 0. The highest BCUT2D eigenvalue weighted by molar-refractivity contribution is 5.49. The Balaban J connectivity index is 2.12. The first kappa shape index (κ1) is 13.9. The van der Waals surface area contributed by atoms with Gasteiger partial charge in [-0.15, -0.1) is 0 Å². The number of nitriles is 1. The normalized spacial score (nSPS) is 11.5. The monoisotopic (exact) mass is 270 g/mol. The Hall–Kier alpha value is -2.54. The van der Waals surface area contributed by atoms with Crippen molar-refractivity contribution < 1.29 is 9.13 Å². The minimum Gasteiger partial charge on any atom is -0.497 e. The lowest BCUT2D eigenvalue weighted by Crippen LogP contribution is -2.06. The molecule has 1 atom stereocenters. The van der Waals surface area contributed by atoms with Crippen LogP contribution in [0.4, 0.5) is 10.1 Å². The van der Waals surface area contributed by atoms with Gasteiger partial charge in [0.15, 0.2) is 0 Å². The Morgan fingerprint density at radius 3 is 2.45 bits per heavy atom. The molecule has 2 aromatic carbocycles. The number of hydrogen-bond acceptors (Lipinski definition) is 3. The molecule has 1 unspecified atom stereocenters. The van der Waals surface area contributed by atoms with Crippen LogP contribution in [0.1, 0.15) is 24.1 Å². The molecule has 0 radical (unpaired) electrons. The molecule has 0 saturated heterocycles. The molecule has 0 saturated carbocycles. The molecule has 0 aromatic heterocycles. The first-order chi connectivity index (χ1) is 9.63. The van der Waals surface area contributed by atoms with Gasteiger partial charge in [-0.05, 0) is 42.8 Å². The lowest BCUT2D eigenvalue weighted by molar-refractivity contribution is 0.414. The summed E-state index contributed by atoms with van der Waals surface area (Å²) in [6, 6.07) is 14.0. The van der Waals surface area contributed by atoms with E-state index in [2.05, 4.69) is 5.32 Å². The Kier molecular flexibility index (Phi) is 4.21. The highest BCUT2D eigenvalue weighted by Crippen LogP contribution is 2.22. The summed E-state index contributed by atoms with van der Waals surface area (Å²) < 4.78 is 18.6. The van der Waals surface area contributed by atoms with E-state index in [9.17, 15) is 4.39 Å². The van der Waals surface area contributed by atoms with Gasteiger partial charge in [-0.2, -0.15) is 5.26 Å². The molecule has 0 amide bonds. The zero-order valence-electron chi connectivity index (χ0n) is 11.4. The number of halogens is 1. The van der Waals surface area contributed by atoms with E-state index in [1.807, 2.05) is 31.2 Å². The summed E-state index contributed by atoms with van der Waals surface area (Å²) in [4.78, 5) is 0. The third-order valence-electron chi connectivity index (χ3n) is 3.09. The first-order valence-corrected chi connectivity index (χ1v) is 6.24. The maximum Gasteiger partial charge on any atom is 0.143 e. The molecule has 4 heteroatoms. The van der Waals surface area contributed by atoms with E-state index in [0.717, 1.165) is 11.3 Å². The Morgan fingerprint density at radius 1 is 1.20 bits per heavy atom. The number of ether oxygens (including phenoxy) is 1. The van der Waals surface area contributed by atoms with Crippen LogP contribution in [0.5, 0.6) is 5.75 Å². The Bertz CT molecular complexity index is 632. The van der Waals surface area contributed by atoms with Crippen molar-refractivity contribution in [2.45, 2.75) is 13.0 Å². The molecule has 0 aliphatic heterocycles. The third kappa shape index (κ3) is 3.07. The zero-order valence-corrected chi connectivity index (χ0v) is 11.4. The number of methoxy groups -OCH3 is 1. The maximum absolute atomic E-state index is 13.5. The second kappa shape index (κ2) is 6.07. The minimum atomic E-state index is -0.514. The number of nitrogens with one attached hydrogen (secondary N) is 1. The first-order valence-electron chi connectivity index (χ1n) is 6.24. The van der Waals surface area contributed by atoms with Gasteiger partial charge in [0.2, 0.25) is 0 Å². The molecule has 1 N–H and O–H groups in total. The molecule has 3 nitrogen and oxygen atoms in total. The second-order valence-electron chi connectivity index (χ2n) is 4.45. The highest BCUT2D eigenvalue weighted by Gasteiger charge is 2.08. The van der Waals surface area contributed by atoms with E-state index in [0.29, 0.717) is 5.69 Å². The summed E-state index contributed by atoms with van der Waals surface area (Å²) in [7, 11) is 1.62. The van der Waals surface area contributed by atoms with Crippen LogP contribution in [0.25, 0.3) is 0 Å². The molecule has 0 spiro atoms. The molecule has 0 heterocycles. The number of anilines is 1. The van der Waals surface area contributed by atoms with Crippen molar-refractivity contribution in [1.29, 1.82) is 5.26 Å². The predicted molar refractivity (Wildman–Crippen MR) is 76.1 cm³/mol. The maximum atomic E-state index is 13.5. The topological polar surface area (TPSA) is 45.0 Å². The van der Waals surface area contributed by atoms with E-state index < -0.39 is 5.82 Å². The summed E-state index contributed by atoms with van der Waals surface area (Å²) in [5, 5.41) is 11.9. The summed E-state index contributed by atoms with van der Waals surface area (Å²) in [5.41, 5.74) is 1.76. The molecule has 0 aliphatic rings. The number of benzene rings is 2. The van der Waals surface area contributed by atoms with Gasteiger partial charge in [0.05, 0.1) is 12.7 Å². The molecular formula is C16H15FN2O. The van der Waals surface area contributed by atoms with Gasteiger partial charge in [0.1, 0.15) is 17.6 Å². The van der Waals surface area contributed by atoms with Crippen LogP contribution in [0.15, 0.2) is 42.5 Å². The van der Waals surface area contributed by atoms with Crippen molar-refractivity contribution in [1.82, 2.24) is 0 Å². The van der Waals surface area contributed by atoms with E-state index in [1.165, 1.54) is 12.1 Å². The van der Waals surface area contributed by atoms with Crippen molar-refractivity contribution >= 4 is 5.69 Å². The molecule has 2 aromatic rings. The van der Waals surface area contributed by atoms with Crippen LogP contribution in [-0.2, 0) is 0 Å². The Morgan fingerprint density at radius 2 is 1.90 bits per heavy atom. The summed E-state index contributed by atoms with van der Waals surface area (Å²) >= 11 is 0. The quantitative estimate of drug-likeness (QED) is 0.917. The molecule has 0 fully saturated rings. The number of rotatable bonds is 4. The third-order valence-corrected chi connectivity index (χ3v) is 3.09. The fourth-order valence-electron chi connectivity index (χ4n) is 1.92. The van der Waals surface area contributed by atoms with Gasteiger partial charge in [0.25, 0.3) is 0 Å². The molecule has 2 rings (SSSR count). The fraction of sp³-hybridized carbons (Fsp3) is 0.188. The van der Waals surface area contributed by atoms with Crippen molar-refractivity contribution in [3.8, 4) is 11.8 Å². The van der Waals surface area contributed by atoms with Crippen LogP contribution in [0.3, 0.4) is 0 Å². The Labute approximate surface area is 117 Å². The second-order valence-corrected chi connectivity index (χ2v) is 4.45. The number of nitrogens with zero attached hydrogens (tertiary/aromatic N) is 1. The van der Waals surface area contributed by atoms with Gasteiger partial charge < -0.3 is 10.1 Å². The van der Waals surface area contributed by atoms with Crippen LogP contribution < -0.4 is 10.1 Å². The lowest BCUT2D eigenvalue weighted by Gasteiger charge is -2.16. The van der Waals surface area contributed by atoms with E-state index in [-0.39, 0.29) is 11.6 Å². The van der Waals surface area contributed by atoms with Gasteiger partial charge in [-0.1, -0.05) is 12.1 Å². The summed E-state index contributed by atoms with van der Waals surface area (Å²) in [6.45, 7) is 1.98. The lowest BCUT2D eigenvalue weighted by atomic mass is 10.1. The van der Waals surface area contributed by atoms with Gasteiger partial charge >= 0.3 is 0 Å². The fourth-order valence-corrected chi connectivity index (χ4v) is 1.92. The van der Waals surface area contributed by atoms with Gasteiger partial charge in [-0.25, -0.2) is 4.39 Å². The number of hydrogen-bond donors (Lipinski definition) is 1. The van der Waals surface area contributed by atoms with Crippen LogP contribution >= 0.6 is 0 Å². The molecular weight excluding hydrogens is 255 g/mol. The van der Waals surface area contributed by atoms with Gasteiger partial charge in [-0.3, -0.25) is 0 Å². The van der Waals surface area contributed by atoms with Crippen molar-refractivity contribution in [3.63, 3.8) is 0 Å². The molecule has 0 bridgehead atoms. The van der Waals surface area contributed by atoms with E-state index in [1.54, 1.807) is 19.2 Å². The smallest absolute Gasteiger partial charge is 0.143 e. The van der Waals surface area contributed by atoms with Crippen molar-refractivity contribution in [3.05, 3.63) is 59.4 Å². The van der Waals surface area contributed by atoms with Crippen molar-refractivity contribution in [2.24, 2.45) is 0 Å². The molecule has 0 aliphatic carbocycles.